The normalized spacial score (nSPS) is 19.6. The summed E-state index contributed by atoms with van der Waals surface area (Å²) in [6.07, 6.45) is 5.82. The molecule has 2 fully saturated rings. The van der Waals surface area contributed by atoms with Crippen LogP contribution in [0.15, 0.2) is 18.2 Å². The van der Waals surface area contributed by atoms with Crippen LogP contribution < -0.4 is 14.8 Å². The van der Waals surface area contributed by atoms with Gasteiger partial charge in [-0.25, -0.2) is 0 Å². The Labute approximate surface area is 144 Å². The molecule has 5 heteroatoms. The van der Waals surface area contributed by atoms with E-state index in [0.29, 0.717) is 6.54 Å². The molecule has 1 atom stereocenters. The van der Waals surface area contributed by atoms with Gasteiger partial charge in [-0.3, -0.25) is 9.69 Å². The van der Waals surface area contributed by atoms with Crippen molar-refractivity contribution in [1.29, 1.82) is 0 Å². The summed E-state index contributed by atoms with van der Waals surface area (Å²) < 4.78 is 10.8. The van der Waals surface area contributed by atoms with Crippen molar-refractivity contribution in [2.75, 3.05) is 33.9 Å². The van der Waals surface area contributed by atoms with E-state index >= 15 is 0 Å². The van der Waals surface area contributed by atoms with E-state index in [1.807, 2.05) is 12.1 Å². The monoisotopic (exact) mass is 332 g/mol. The molecule has 5 nitrogen and oxygen atoms in total. The lowest BCUT2D eigenvalue weighted by molar-refractivity contribution is -0.122. The Morgan fingerprint density at radius 3 is 2.50 bits per heavy atom. The number of ether oxygens (including phenoxy) is 2. The molecule has 1 aliphatic carbocycles. The van der Waals surface area contributed by atoms with Gasteiger partial charge < -0.3 is 14.8 Å². The Morgan fingerprint density at radius 1 is 1.17 bits per heavy atom. The predicted octanol–water partition coefficient (Wildman–Crippen LogP) is 2.76. The first-order chi connectivity index (χ1) is 11.7. The van der Waals surface area contributed by atoms with Crippen LogP contribution in [0.25, 0.3) is 0 Å². The molecule has 0 spiro atoms. The Bertz CT molecular complexity index is 566. The highest BCUT2D eigenvalue weighted by molar-refractivity contribution is 5.80. The maximum atomic E-state index is 12.1. The number of methoxy groups -OCH3 is 2. The van der Waals surface area contributed by atoms with E-state index in [9.17, 15) is 4.79 Å². The minimum Gasteiger partial charge on any atom is -0.493 e. The maximum absolute atomic E-state index is 12.1. The molecule has 24 heavy (non-hydrogen) atoms. The molecule has 1 aromatic rings. The molecule has 1 heterocycles. The number of carbonyl (C=O) groups excluding carboxylic acids is 1. The van der Waals surface area contributed by atoms with Crippen LogP contribution in [0, 0.1) is 5.92 Å². The number of piperidine rings is 1. The van der Waals surface area contributed by atoms with Crippen LogP contribution in [0.5, 0.6) is 11.5 Å². The summed E-state index contributed by atoms with van der Waals surface area (Å²) >= 11 is 0. The molecule has 0 radical (unpaired) electrons. The molecule has 1 aliphatic heterocycles. The van der Waals surface area contributed by atoms with Crippen molar-refractivity contribution in [2.24, 2.45) is 5.92 Å². The summed E-state index contributed by atoms with van der Waals surface area (Å²) in [5.41, 5.74) is 1.17. The molecule has 1 amide bonds. The smallest absolute Gasteiger partial charge is 0.223 e. The van der Waals surface area contributed by atoms with Crippen molar-refractivity contribution in [3.05, 3.63) is 23.8 Å². The standard InChI is InChI=1S/C19H28N2O3/c1-23-17-9-8-15(12-18(17)24-2)16(21-10-4-3-5-11-21)13-20-19(22)14-6-7-14/h8-9,12,14,16H,3-7,10-11,13H2,1-2H3,(H,20,22). The van der Waals surface area contributed by atoms with Gasteiger partial charge in [0.2, 0.25) is 5.91 Å². The summed E-state index contributed by atoms with van der Waals surface area (Å²) in [5, 5.41) is 3.15. The third-order valence-corrected chi connectivity index (χ3v) is 5.04. The van der Waals surface area contributed by atoms with Gasteiger partial charge in [0, 0.05) is 12.5 Å². The Balaban J connectivity index is 1.78. The van der Waals surface area contributed by atoms with Crippen molar-refractivity contribution in [3.8, 4) is 11.5 Å². The van der Waals surface area contributed by atoms with Gasteiger partial charge in [-0.05, 0) is 56.5 Å². The van der Waals surface area contributed by atoms with Crippen LogP contribution in [-0.4, -0.2) is 44.7 Å². The van der Waals surface area contributed by atoms with Crippen molar-refractivity contribution >= 4 is 5.91 Å². The highest BCUT2D eigenvalue weighted by Gasteiger charge is 2.31. The van der Waals surface area contributed by atoms with Gasteiger partial charge in [-0.2, -0.15) is 0 Å². The highest BCUT2D eigenvalue weighted by Crippen LogP contribution is 2.33. The summed E-state index contributed by atoms with van der Waals surface area (Å²) in [6.45, 7) is 2.82. The Hall–Kier alpha value is -1.75. The Kier molecular flexibility index (Phi) is 5.61. The van der Waals surface area contributed by atoms with E-state index in [1.165, 1.54) is 24.8 Å². The largest absolute Gasteiger partial charge is 0.493 e. The van der Waals surface area contributed by atoms with Crippen LogP contribution >= 0.6 is 0 Å². The van der Waals surface area contributed by atoms with Gasteiger partial charge in [-0.15, -0.1) is 0 Å². The summed E-state index contributed by atoms with van der Waals surface area (Å²) in [6, 6.07) is 6.27. The average Bonchev–Trinajstić information content (AvgIpc) is 3.47. The van der Waals surface area contributed by atoms with E-state index in [1.54, 1.807) is 14.2 Å². The second-order valence-electron chi connectivity index (χ2n) is 6.75. The van der Waals surface area contributed by atoms with Crippen LogP contribution in [-0.2, 0) is 4.79 Å². The molecule has 3 rings (SSSR count). The molecule has 1 saturated heterocycles. The van der Waals surface area contributed by atoms with Gasteiger partial charge >= 0.3 is 0 Å². The number of amides is 1. The van der Waals surface area contributed by atoms with Crippen molar-refractivity contribution in [3.63, 3.8) is 0 Å². The number of rotatable bonds is 7. The van der Waals surface area contributed by atoms with Gasteiger partial charge in [0.05, 0.1) is 20.3 Å². The van der Waals surface area contributed by atoms with Gasteiger partial charge in [0.1, 0.15) is 0 Å². The molecule has 0 bridgehead atoms. The molecule has 0 aromatic heterocycles. The maximum Gasteiger partial charge on any atom is 0.223 e. The molecular formula is C19H28N2O3. The fourth-order valence-electron chi connectivity index (χ4n) is 3.44. The molecule has 1 N–H and O–H groups in total. The topological polar surface area (TPSA) is 50.8 Å². The molecule has 1 saturated carbocycles. The fourth-order valence-corrected chi connectivity index (χ4v) is 3.44. The minimum atomic E-state index is 0.188. The van der Waals surface area contributed by atoms with E-state index in [2.05, 4.69) is 16.3 Å². The molecule has 1 aromatic carbocycles. The van der Waals surface area contributed by atoms with Gasteiger partial charge in [0.15, 0.2) is 11.5 Å². The highest BCUT2D eigenvalue weighted by atomic mass is 16.5. The van der Waals surface area contributed by atoms with Crippen LogP contribution in [0.2, 0.25) is 0 Å². The lowest BCUT2D eigenvalue weighted by Gasteiger charge is -2.35. The number of hydrogen-bond acceptors (Lipinski definition) is 4. The zero-order chi connectivity index (χ0) is 16.9. The van der Waals surface area contributed by atoms with Gasteiger partial charge in [0.25, 0.3) is 0 Å². The predicted molar refractivity (Wildman–Crippen MR) is 93.4 cm³/mol. The molecular weight excluding hydrogens is 304 g/mol. The number of benzene rings is 1. The SMILES string of the molecule is COc1ccc(C(CNC(=O)C2CC2)N2CCCCC2)cc1OC. The third-order valence-electron chi connectivity index (χ3n) is 5.04. The first-order valence-electron chi connectivity index (χ1n) is 8.96. The first-order valence-corrected chi connectivity index (χ1v) is 8.96. The van der Waals surface area contributed by atoms with Crippen LogP contribution in [0.3, 0.4) is 0 Å². The lowest BCUT2D eigenvalue weighted by Crippen LogP contribution is -2.41. The fraction of sp³-hybridized carbons (Fsp3) is 0.632. The van der Waals surface area contributed by atoms with Crippen LogP contribution in [0.1, 0.15) is 43.7 Å². The lowest BCUT2D eigenvalue weighted by atomic mass is 10.0. The second-order valence-corrected chi connectivity index (χ2v) is 6.75. The van der Waals surface area contributed by atoms with Crippen molar-refractivity contribution in [2.45, 2.75) is 38.1 Å². The second kappa shape index (κ2) is 7.88. The van der Waals surface area contributed by atoms with Crippen molar-refractivity contribution in [1.82, 2.24) is 10.2 Å². The third kappa shape index (κ3) is 4.01. The summed E-state index contributed by atoms with van der Waals surface area (Å²) in [4.78, 5) is 14.6. The zero-order valence-electron chi connectivity index (χ0n) is 14.7. The molecule has 132 valence electrons. The Morgan fingerprint density at radius 2 is 1.88 bits per heavy atom. The number of nitrogens with one attached hydrogen (secondary N) is 1. The number of hydrogen-bond donors (Lipinski definition) is 1. The van der Waals surface area contributed by atoms with E-state index < -0.39 is 0 Å². The van der Waals surface area contributed by atoms with Gasteiger partial charge in [-0.1, -0.05) is 12.5 Å². The van der Waals surface area contributed by atoms with E-state index in [-0.39, 0.29) is 17.9 Å². The molecule has 1 unspecified atom stereocenters. The quantitative estimate of drug-likeness (QED) is 0.834. The van der Waals surface area contributed by atoms with E-state index in [0.717, 1.165) is 37.4 Å². The number of likely N-dealkylation sites (tertiary alicyclic amines) is 1. The van der Waals surface area contributed by atoms with E-state index in [4.69, 9.17) is 9.47 Å². The zero-order valence-corrected chi connectivity index (χ0v) is 14.7. The average molecular weight is 332 g/mol. The minimum absolute atomic E-state index is 0.188. The number of nitrogens with zero attached hydrogens (tertiary/aromatic N) is 1. The summed E-state index contributed by atoms with van der Waals surface area (Å²) in [5.74, 6) is 1.93. The van der Waals surface area contributed by atoms with Crippen LogP contribution in [0.4, 0.5) is 0 Å². The van der Waals surface area contributed by atoms with Crippen molar-refractivity contribution < 1.29 is 14.3 Å². The number of carbonyl (C=O) groups is 1. The first kappa shape index (κ1) is 17.1. The molecule has 2 aliphatic rings. The summed E-state index contributed by atoms with van der Waals surface area (Å²) in [7, 11) is 3.31.